The lowest BCUT2D eigenvalue weighted by Crippen LogP contribution is -2.38. The Hall–Kier alpha value is -2.92. The number of aromatic nitrogens is 4. The summed E-state index contributed by atoms with van der Waals surface area (Å²) in [6.07, 6.45) is -6.59. The second-order valence-corrected chi connectivity index (χ2v) is 13.4. The van der Waals surface area contributed by atoms with Gasteiger partial charge in [0.2, 0.25) is 10.0 Å². The van der Waals surface area contributed by atoms with Gasteiger partial charge in [-0.3, -0.25) is 9.20 Å². The predicted octanol–water partition coefficient (Wildman–Crippen LogP) is 4.73. The number of ether oxygens (including phenoxy) is 1. The van der Waals surface area contributed by atoms with Gasteiger partial charge in [0.05, 0.1) is 16.9 Å². The number of alkyl halides is 5. The summed E-state index contributed by atoms with van der Waals surface area (Å²) in [5.41, 5.74) is -2.02. The van der Waals surface area contributed by atoms with Gasteiger partial charge in [0.25, 0.3) is 6.43 Å². The van der Waals surface area contributed by atoms with Crippen molar-refractivity contribution in [3.8, 4) is 10.8 Å². The molecule has 0 radical (unpaired) electrons. The Labute approximate surface area is 230 Å². The van der Waals surface area contributed by atoms with E-state index in [9.17, 15) is 35.2 Å². The van der Waals surface area contributed by atoms with E-state index >= 15 is 0 Å². The van der Waals surface area contributed by atoms with E-state index in [4.69, 9.17) is 4.74 Å². The van der Waals surface area contributed by atoms with Crippen molar-refractivity contribution in [3.05, 3.63) is 23.0 Å². The number of anilines is 1. The molecule has 1 fully saturated rings. The van der Waals surface area contributed by atoms with E-state index in [1.54, 1.807) is 6.92 Å². The van der Waals surface area contributed by atoms with E-state index in [0.29, 0.717) is 24.2 Å². The minimum atomic E-state index is -5.02. The number of carbonyl (C=O) groups excluding carboxylic acids is 1. The summed E-state index contributed by atoms with van der Waals surface area (Å²) in [7, 11) is -2.68. The van der Waals surface area contributed by atoms with E-state index in [0.717, 1.165) is 10.6 Å². The molecule has 0 saturated heterocycles. The van der Waals surface area contributed by atoms with Crippen LogP contribution in [0.1, 0.15) is 57.7 Å². The fourth-order valence-corrected chi connectivity index (χ4v) is 6.05. The van der Waals surface area contributed by atoms with Crippen LogP contribution < -0.4 is 10.0 Å². The summed E-state index contributed by atoms with van der Waals surface area (Å²) in [6.45, 7) is 6.00. The molecule has 4 rings (SSSR count). The van der Waals surface area contributed by atoms with Crippen molar-refractivity contribution in [2.24, 2.45) is 5.92 Å². The number of pyridine rings is 1. The number of hydrogen-bond donors (Lipinski definition) is 2. The van der Waals surface area contributed by atoms with E-state index < -0.39 is 57.1 Å². The Morgan fingerprint density at radius 3 is 2.38 bits per heavy atom. The van der Waals surface area contributed by atoms with Crippen LogP contribution in [0.25, 0.3) is 16.3 Å². The van der Waals surface area contributed by atoms with Crippen LogP contribution in [0.5, 0.6) is 0 Å². The van der Waals surface area contributed by atoms with Crippen molar-refractivity contribution >= 4 is 38.5 Å². The maximum absolute atomic E-state index is 14.1. The van der Waals surface area contributed by atoms with E-state index in [2.05, 4.69) is 25.2 Å². The second-order valence-electron chi connectivity index (χ2n) is 10.7. The molecule has 1 saturated carbocycles. The van der Waals surface area contributed by atoms with Crippen molar-refractivity contribution in [1.29, 1.82) is 0 Å². The summed E-state index contributed by atoms with van der Waals surface area (Å²) in [4.78, 5) is 16.6. The molecule has 2 N–H and O–H groups in total. The maximum Gasteiger partial charge on any atom is 0.402 e. The van der Waals surface area contributed by atoms with Crippen LogP contribution >= 0.6 is 11.3 Å². The maximum atomic E-state index is 14.1. The lowest BCUT2D eigenvalue weighted by atomic mass is 10.0. The second kappa shape index (κ2) is 10.2. The number of esters is 1. The first-order chi connectivity index (χ1) is 18.3. The highest BCUT2D eigenvalue weighted by Gasteiger charge is 2.48. The molecule has 1 atom stereocenters. The molecule has 0 bridgehead atoms. The number of nitrogens with zero attached hydrogens (tertiary/aromatic N) is 4. The molecule has 3 aromatic heterocycles. The van der Waals surface area contributed by atoms with Crippen LogP contribution in [0.15, 0.2) is 17.2 Å². The average Bonchev–Trinajstić information content (AvgIpc) is 3.20. The van der Waals surface area contributed by atoms with E-state index in [1.165, 1.54) is 33.9 Å². The zero-order valence-electron chi connectivity index (χ0n) is 22.1. The number of rotatable bonds is 9. The third kappa shape index (κ3) is 6.35. The zero-order valence-corrected chi connectivity index (χ0v) is 23.7. The molecule has 3 aromatic rings. The van der Waals surface area contributed by atoms with Crippen LogP contribution in [-0.2, 0) is 26.0 Å². The number of fused-ring (bicyclic) bond motifs is 1. The smallest absolute Gasteiger partial charge is 0.402 e. The number of nitrogens with one attached hydrogen (secondary N) is 2. The molecule has 1 unspecified atom stereocenters. The number of imidazole rings is 1. The lowest BCUT2D eigenvalue weighted by Gasteiger charge is -2.25. The fourth-order valence-electron chi connectivity index (χ4n) is 3.88. The minimum Gasteiger partial charge on any atom is -0.459 e. The molecule has 220 valence electrons. The van der Waals surface area contributed by atoms with Gasteiger partial charge in [-0.2, -0.15) is 13.2 Å². The van der Waals surface area contributed by atoms with E-state index in [1.807, 2.05) is 0 Å². The van der Waals surface area contributed by atoms with Gasteiger partial charge < -0.3 is 10.1 Å². The Kier molecular flexibility index (Phi) is 7.64. The number of carbonyl (C=O) groups is 1. The summed E-state index contributed by atoms with van der Waals surface area (Å²) in [6, 6.07) is 1.22. The standard InChI is InChI=1S/C23H27F5N6O4S2/c1-21(2,3)38-20(35)12(23(26,27)28)9-14-15-13(29-5)8-11(40(36,37)33-22(4)6-7-22)10-34(15)17(30-14)19-32-31-18(39-19)16(24)25/h8,10,12,16,29,33H,6-7,9H2,1-5H3. The van der Waals surface area contributed by atoms with Crippen LogP contribution in [0.3, 0.4) is 0 Å². The first-order valence-electron chi connectivity index (χ1n) is 12.0. The van der Waals surface area contributed by atoms with Crippen LogP contribution in [-0.4, -0.2) is 58.3 Å². The lowest BCUT2D eigenvalue weighted by molar-refractivity contribution is -0.204. The molecule has 0 aliphatic heterocycles. The Bertz CT molecular complexity index is 1540. The normalized spacial score (nSPS) is 16.4. The van der Waals surface area contributed by atoms with Gasteiger partial charge in [0, 0.05) is 25.2 Å². The van der Waals surface area contributed by atoms with Gasteiger partial charge in [-0.1, -0.05) is 11.3 Å². The largest absolute Gasteiger partial charge is 0.459 e. The molecule has 10 nitrogen and oxygen atoms in total. The molecule has 0 aromatic carbocycles. The predicted molar refractivity (Wildman–Crippen MR) is 136 cm³/mol. The Morgan fingerprint density at radius 1 is 1.23 bits per heavy atom. The van der Waals surface area contributed by atoms with Gasteiger partial charge in [-0.05, 0) is 46.6 Å². The van der Waals surface area contributed by atoms with Crippen molar-refractivity contribution in [3.63, 3.8) is 0 Å². The Balaban J connectivity index is 1.92. The highest BCUT2D eigenvalue weighted by atomic mass is 32.2. The van der Waals surface area contributed by atoms with Gasteiger partial charge in [-0.25, -0.2) is 26.9 Å². The molecule has 0 spiro atoms. The van der Waals surface area contributed by atoms with Crippen LogP contribution in [0, 0.1) is 5.92 Å². The summed E-state index contributed by atoms with van der Waals surface area (Å²) >= 11 is 0.453. The molecule has 1 aliphatic rings. The van der Waals surface area contributed by atoms with Crippen LogP contribution in [0.4, 0.5) is 27.6 Å². The Morgan fingerprint density at radius 2 is 1.88 bits per heavy atom. The number of hydrogen-bond acceptors (Lipinski definition) is 9. The third-order valence-electron chi connectivity index (χ3n) is 6.04. The van der Waals surface area contributed by atoms with Gasteiger partial charge in [-0.15, -0.1) is 10.2 Å². The number of sulfonamides is 1. The van der Waals surface area contributed by atoms with Gasteiger partial charge in [0.1, 0.15) is 10.5 Å². The topological polar surface area (TPSA) is 128 Å². The average molecular weight is 611 g/mol. The molecule has 1 aliphatic carbocycles. The van der Waals surface area contributed by atoms with E-state index in [-0.39, 0.29) is 32.6 Å². The quantitative estimate of drug-likeness (QED) is 0.263. The monoisotopic (exact) mass is 610 g/mol. The highest BCUT2D eigenvalue weighted by molar-refractivity contribution is 7.89. The molecular formula is C23H27F5N6O4S2. The number of halogens is 5. The van der Waals surface area contributed by atoms with Crippen molar-refractivity contribution in [2.45, 2.75) is 75.6 Å². The molecule has 3 heterocycles. The van der Waals surface area contributed by atoms with Crippen molar-refractivity contribution in [2.75, 3.05) is 12.4 Å². The van der Waals surface area contributed by atoms with Gasteiger partial charge in [0.15, 0.2) is 21.8 Å². The summed E-state index contributed by atoms with van der Waals surface area (Å²) < 4.78 is 104. The molecular weight excluding hydrogens is 583 g/mol. The summed E-state index contributed by atoms with van der Waals surface area (Å²) in [5.74, 6) is -4.36. The third-order valence-corrected chi connectivity index (χ3v) is 8.58. The zero-order chi connectivity index (χ0) is 29.8. The minimum absolute atomic E-state index is 0.000638. The first kappa shape index (κ1) is 30.0. The van der Waals surface area contributed by atoms with Crippen LogP contribution in [0.2, 0.25) is 0 Å². The highest BCUT2D eigenvalue weighted by Crippen LogP contribution is 2.39. The van der Waals surface area contributed by atoms with Crippen molar-refractivity contribution in [1.82, 2.24) is 24.3 Å². The SMILES string of the molecule is CNc1cc(S(=O)(=O)NC2(C)CC2)cn2c(-c3nnc(C(F)F)s3)nc(CC(C(=O)OC(C)(C)C)C(F)(F)F)c12. The molecule has 17 heteroatoms. The first-order valence-corrected chi connectivity index (χ1v) is 14.3. The van der Waals surface area contributed by atoms with Gasteiger partial charge >= 0.3 is 12.1 Å². The van der Waals surface area contributed by atoms with Crippen molar-refractivity contribution < 1.29 is 39.9 Å². The fraction of sp³-hybridized carbons (Fsp3) is 0.565. The molecule has 0 amide bonds. The summed E-state index contributed by atoms with van der Waals surface area (Å²) in [5, 5.41) is 9.04. The molecule has 40 heavy (non-hydrogen) atoms.